The molecule has 5 nitrogen and oxygen atoms in total. The zero-order valence-electron chi connectivity index (χ0n) is 14.6. The first-order valence-electron chi connectivity index (χ1n) is 7.91. The molecule has 2 aromatic rings. The summed E-state index contributed by atoms with van der Waals surface area (Å²) in [6.45, 7) is 6.84. The summed E-state index contributed by atoms with van der Waals surface area (Å²) >= 11 is 1.45. The second kappa shape index (κ2) is 8.17. The molecule has 0 aliphatic heterocycles. The highest BCUT2D eigenvalue weighted by atomic mass is 32.1. The van der Waals surface area contributed by atoms with Gasteiger partial charge >= 0.3 is 5.97 Å². The molecule has 0 saturated heterocycles. The molecule has 0 atom stereocenters. The van der Waals surface area contributed by atoms with Crippen LogP contribution in [0.4, 0.5) is 5.00 Å². The highest BCUT2D eigenvalue weighted by Gasteiger charge is 2.25. The number of thiophene rings is 1. The van der Waals surface area contributed by atoms with E-state index in [-0.39, 0.29) is 0 Å². The van der Waals surface area contributed by atoms with E-state index in [9.17, 15) is 4.79 Å². The van der Waals surface area contributed by atoms with E-state index >= 15 is 0 Å². The average molecular weight is 348 g/mol. The first-order chi connectivity index (χ1) is 11.5. The predicted molar refractivity (Wildman–Crippen MR) is 98.7 cm³/mol. The van der Waals surface area contributed by atoms with Gasteiger partial charge in [-0.2, -0.15) is 0 Å². The number of hydrogen-bond donors (Lipinski definition) is 1. The molecule has 6 heteroatoms. The van der Waals surface area contributed by atoms with Gasteiger partial charge < -0.3 is 15.2 Å². The van der Waals surface area contributed by atoms with Crippen molar-refractivity contribution in [3.05, 3.63) is 34.7 Å². The van der Waals surface area contributed by atoms with Crippen LogP contribution in [0.15, 0.2) is 24.3 Å². The molecule has 0 bridgehead atoms. The second-order valence-corrected chi connectivity index (χ2v) is 6.46. The number of rotatable bonds is 7. The average Bonchev–Trinajstić information content (AvgIpc) is 2.94. The van der Waals surface area contributed by atoms with E-state index in [4.69, 9.17) is 15.2 Å². The fourth-order valence-electron chi connectivity index (χ4n) is 2.65. The minimum absolute atomic E-state index is 0.410. The van der Waals surface area contributed by atoms with Gasteiger partial charge in [0.05, 0.1) is 14.2 Å². The summed E-state index contributed by atoms with van der Waals surface area (Å²) in [7, 11) is 3.00. The summed E-state index contributed by atoms with van der Waals surface area (Å²) < 4.78 is 10.3. The number of hydrogen-bond acceptors (Lipinski definition) is 6. The Hall–Kier alpha value is -2.05. The molecule has 2 N–H and O–H groups in total. The van der Waals surface area contributed by atoms with Gasteiger partial charge in [-0.3, -0.25) is 4.90 Å². The van der Waals surface area contributed by atoms with Crippen molar-refractivity contribution >= 4 is 22.3 Å². The van der Waals surface area contributed by atoms with Crippen LogP contribution in [0.5, 0.6) is 5.75 Å². The number of nitrogen functional groups attached to an aromatic ring is 1. The lowest BCUT2D eigenvalue weighted by molar-refractivity contribution is 0.0603. The number of esters is 1. The van der Waals surface area contributed by atoms with Gasteiger partial charge in [0.25, 0.3) is 0 Å². The number of methoxy groups -OCH3 is 2. The lowest BCUT2D eigenvalue weighted by Gasteiger charge is -2.18. The van der Waals surface area contributed by atoms with Gasteiger partial charge in [0.15, 0.2) is 0 Å². The minimum Gasteiger partial charge on any atom is -0.497 e. The molecule has 0 radical (unpaired) electrons. The maximum Gasteiger partial charge on any atom is 0.341 e. The predicted octanol–water partition coefficient (Wildman–Crippen LogP) is 3.63. The first kappa shape index (κ1) is 18.3. The van der Waals surface area contributed by atoms with Crippen molar-refractivity contribution in [3.8, 4) is 16.9 Å². The first-order valence-corrected chi connectivity index (χ1v) is 8.73. The van der Waals surface area contributed by atoms with Gasteiger partial charge in [-0.05, 0) is 30.8 Å². The Morgan fingerprint density at radius 3 is 2.54 bits per heavy atom. The molecule has 0 saturated carbocycles. The lowest BCUT2D eigenvalue weighted by Crippen LogP contribution is -2.22. The number of nitrogens with zero attached hydrogens (tertiary/aromatic N) is 1. The highest BCUT2D eigenvalue weighted by molar-refractivity contribution is 7.17. The van der Waals surface area contributed by atoms with Crippen molar-refractivity contribution in [3.63, 3.8) is 0 Å². The van der Waals surface area contributed by atoms with Gasteiger partial charge in [-0.1, -0.05) is 26.0 Å². The smallest absolute Gasteiger partial charge is 0.341 e. The monoisotopic (exact) mass is 348 g/mol. The van der Waals surface area contributed by atoms with Crippen molar-refractivity contribution in [1.82, 2.24) is 4.90 Å². The molecule has 24 heavy (non-hydrogen) atoms. The molecule has 1 aromatic heterocycles. The van der Waals surface area contributed by atoms with Crippen molar-refractivity contribution < 1.29 is 14.3 Å². The molecule has 0 aliphatic rings. The summed E-state index contributed by atoms with van der Waals surface area (Å²) in [6, 6.07) is 7.66. The number of benzene rings is 1. The van der Waals surface area contributed by atoms with Crippen LogP contribution < -0.4 is 10.5 Å². The Morgan fingerprint density at radius 1 is 1.25 bits per heavy atom. The molecular formula is C18H24N2O3S. The van der Waals surface area contributed by atoms with E-state index in [1.807, 2.05) is 24.3 Å². The third-order valence-corrected chi connectivity index (χ3v) is 5.02. The molecule has 1 heterocycles. The van der Waals surface area contributed by atoms with Gasteiger partial charge in [0.1, 0.15) is 16.3 Å². The fourth-order valence-corrected chi connectivity index (χ4v) is 3.77. The largest absolute Gasteiger partial charge is 0.497 e. The van der Waals surface area contributed by atoms with Gasteiger partial charge in [0, 0.05) is 17.0 Å². The van der Waals surface area contributed by atoms with E-state index in [2.05, 4.69) is 18.7 Å². The maximum atomic E-state index is 12.3. The van der Waals surface area contributed by atoms with Crippen LogP contribution in [0.25, 0.3) is 11.1 Å². The van der Waals surface area contributed by atoms with E-state index in [0.29, 0.717) is 10.6 Å². The molecule has 2 rings (SSSR count). The van der Waals surface area contributed by atoms with Gasteiger partial charge in [-0.25, -0.2) is 4.79 Å². The van der Waals surface area contributed by atoms with E-state index in [1.165, 1.54) is 18.4 Å². The molecule has 0 aliphatic carbocycles. The molecule has 130 valence electrons. The standard InChI is InChI=1S/C18H24N2O3S/c1-5-20(6-2)11-14-15(12-8-7-9-13(10-12)22-3)16(17(19)24-14)18(21)23-4/h7-10H,5-6,11,19H2,1-4H3. The van der Waals surface area contributed by atoms with Crippen LogP contribution in [0.3, 0.4) is 0 Å². The molecule has 0 unspecified atom stereocenters. The van der Waals surface area contributed by atoms with Gasteiger partial charge in [-0.15, -0.1) is 11.3 Å². The van der Waals surface area contributed by atoms with Gasteiger partial charge in [0.2, 0.25) is 0 Å². The van der Waals surface area contributed by atoms with Crippen LogP contribution in [-0.2, 0) is 11.3 Å². The molecule has 0 spiro atoms. The Labute approximate surface area is 147 Å². The van der Waals surface area contributed by atoms with Crippen LogP contribution in [0, 0.1) is 0 Å². The summed E-state index contributed by atoms with van der Waals surface area (Å²) in [5.41, 5.74) is 8.35. The van der Waals surface area contributed by atoms with Crippen molar-refractivity contribution in [2.75, 3.05) is 33.0 Å². The second-order valence-electron chi connectivity index (χ2n) is 5.32. The fraction of sp³-hybridized carbons (Fsp3) is 0.389. The zero-order chi connectivity index (χ0) is 17.7. The summed E-state index contributed by atoms with van der Waals surface area (Å²) in [4.78, 5) is 15.6. The van der Waals surface area contributed by atoms with Crippen molar-refractivity contribution in [2.45, 2.75) is 20.4 Å². The number of carbonyl (C=O) groups is 1. The Bertz CT molecular complexity index is 708. The minimum atomic E-state index is -0.410. The van der Waals surface area contributed by atoms with Crippen LogP contribution >= 0.6 is 11.3 Å². The highest BCUT2D eigenvalue weighted by Crippen LogP contribution is 2.40. The summed E-state index contributed by atoms with van der Waals surface area (Å²) in [5, 5.41) is 0.488. The van der Waals surface area contributed by atoms with Crippen LogP contribution in [-0.4, -0.2) is 38.2 Å². The SMILES string of the molecule is CCN(CC)Cc1sc(N)c(C(=O)OC)c1-c1cccc(OC)c1. The molecule has 1 aromatic carbocycles. The zero-order valence-corrected chi connectivity index (χ0v) is 15.4. The van der Waals surface area contributed by atoms with Crippen molar-refractivity contribution in [1.29, 1.82) is 0 Å². The van der Waals surface area contributed by atoms with E-state index < -0.39 is 5.97 Å². The summed E-state index contributed by atoms with van der Waals surface area (Å²) in [5.74, 6) is 0.328. The Kier molecular flexibility index (Phi) is 6.23. The summed E-state index contributed by atoms with van der Waals surface area (Å²) in [6.07, 6.45) is 0. The molecular weight excluding hydrogens is 324 g/mol. The van der Waals surface area contributed by atoms with E-state index in [1.54, 1.807) is 7.11 Å². The van der Waals surface area contributed by atoms with E-state index in [0.717, 1.165) is 41.4 Å². The third-order valence-electron chi connectivity index (χ3n) is 4.02. The van der Waals surface area contributed by atoms with Crippen LogP contribution in [0.1, 0.15) is 29.1 Å². The Balaban J connectivity index is 2.61. The van der Waals surface area contributed by atoms with Crippen molar-refractivity contribution in [2.24, 2.45) is 0 Å². The Morgan fingerprint density at radius 2 is 1.96 bits per heavy atom. The number of ether oxygens (including phenoxy) is 2. The van der Waals surface area contributed by atoms with Crippen LogP contribution in [0.2, 0.25) is 0 Å². The molecule has 0 amide bonds. The number of carbonyl (C=O) groups excluding carboxylic acids is 1. The quantitative estimate of drug-likeness (QED) is 0.774. The maximum absolute atomic E-state index is 12.3. The normalized spacial score (nSPS) is 10.9. The number of anilines is 1. The number of nitrogens with two attached hydrogens (primary N) is 1. The molecule has 0 fully saturated rings. The topological polar surface area (TPSA) is 64.8 Å². The lowest BCUT2D eigenvalue weighted by atomic mass is 10.0. The third kappa shape index (κ3) is 3.71.